The molecule has 0 aliphatic heterocycles. The Balaban J connectivity index is 2.34. The first-order valence-corrected chi connectivity index (χ1v) is 8.16. The lowest BCUT2D eigenvalue weighted by atomic mass is 10.0. The number of fused-ring (bicyclic) bond motifs is 1. The van der Waals surface area contributed by atoms with Crippen molar-refractivity contribution >= 4 is 27.6 Å². The quantitative estimate of drug-likeness (QED) is 0.936. The molecule has 1 heterocycles. The Morgan fingerprint density at radius 2 is 2.05 bits per heavy atom. The molecule has 1 unspecified atom stereocenters. The number of aromatic nitrogens is 1. The Hall–Kier alpha value is -1.75. The van der Waals surface area contributed by atoms with Crippen molar-refractivity contribution in [3.63, 3.8) is 0 Å². The average Bonchev–Trinajstić information content (AvgIpc) is 2.37. The van der Waals surface area contributed by atoms with Gasteiger partial charge in [-0.15, -0.1) is 0 Å². The van der Waals surface area contributed by atoms with Crippen LogP contribution in [0.4, 0.5) is 0 Å². The molecule has 20 heavy (non-hydrogen) atoms. The smallest absolute Gasteiger partial charge is 0.252 e. The van der Waals surface area contributed by atoms with Gasteiger partial charge in [-0.25, -0.2) is 0 Å². The summed E-state index contributed by atoms with van der Waals surface area (Å²) in [5.41, 5.74) is 3.34. The van der Waals surface area contributed by atoms with Crippen molar-refractivity contribution in [2.75, 3.05) is 18.6 Å². The van der Waals surface area contributed by atoms with Crippen LogP contribution in [0.25, 0.3) is 10.9 Å². The molecule has 0 aliphatic rings. The number of carbonyl (C=O) groups is 1. The fourth-order valence-electron chi connectivity index (χ4n) is 2.06. The molecule has 0 spiro atoms. The van der Waals surface area contributed by atoms with Crippen molar-refractivity contribution in [2.45, 2.75) is 13.8 Å². The number of nitrogens with one attached hydrogen (secondary N) is 1. The van der Waals surface area contributed by atoms with Gasteiger partial charge in [-0.1, -0.05) is 11.6 Å². The molecular weight excluding hydrogens is 272 g/mol. The molecule has 1 aromatic carbocycles. The Morgan fingerprint density at radius 3 is 2.75 bits per heavy atom. The van der Waals surface area contributed by atoms with Crippen molar-refractivity contribution in [2.24, 2.45) is 0 Å². The van der Waals surface area contributed by atoms with Crippen molar-refractivity contribution in [3.8, 4) is 0 Å². The second-order valence-corrected chi connectivity index (χ2v) is 6.42. The van der Waals surface area contributed by atoms with E-state index in [1.54, 1.807) is 12.3 Å². The molecule has 0 saturated heterocycles. The number of carbonyl (C=O) groups excluding carboxylic acids is 1. The number of benzene rings is 1. The third-order valence-corrected chi connectivity index (χ3v) is 3.79. The van der Waals surface area contributed by atoms with E-state index >= 15 is 0 Å². The van der Waals surface area contributed by atoms with Gasteiger partial charge < -0.3 is 5.32 Å². The molecule has 0 saturated carbocycles. The second-order valence-electron chi connectivity index (χ2n) is 4.87. The van der Waals surface area contributed by atoms with Crippen LogP contribution in [0.1, 0.15) is 21.6 Å². The Morgan fingerprint density at radius 1 is 1.30 bits per heavy atom. The van der Waals surface area contributed by atoms with Crippen LogP contribution < -0.4 is 5.32 Å². The molecule has 0 bridgehead atoms. The highest BCUT2D eigenvalue weighted by atomic mass is 32.2. The van der Waals surface area contributed by atoms with Crippen LogP contribution in [-0.4, -0.2) is 33.7 Å². The van der Waals surface area contributed by atoms with Crippen molar-refractivity contribution in [3.05, 3.63) is 41.1 Å². The number of hydrogen-bond donors (Lipinski definition) is 1. The van der Waals surface area contributed by atoms with E-state index in [-0.39, 0.29) is 5.91 Å². The molecule has 0 fully saturated rings. The molecule has 5 heteroatoms. The minimum absolute atomic E-state index is 0.142. The summed E-state index contributed by atoms with van der Waals surface area (Å²) in [5, 5.41) is 3.66. The van der Waals surface area contributed by atoms with Crippen molar-refractivity contribution < 1.29 is 9.00 Å². The van der Waals surface area contributed by atoms with Crippen molar-refractivity contribution in [1.29, 1.82) is 0 Å². The minimum atomic E-state index is -0.901. The topological polar surface area (TPSA) is 59.1 Å². The van der Waals surface area contributed by atoms with E-state index in [0.29, 0.717) is 17.9 Å². The van der Waals surface area contributed by atoms with E-state index in [4.69, 9.17) is 0 Å². The summed E-state index contributed by atoms with van der Waals surface area (Å²) in [7, 11) is -0.901. The number of aryl methyl sites for hydroxylation is 2. The summed E-state index contributed by atoms with van der Waals surface area (Å²) in [6.45, 7) is 4.27. The van der Waals surface area contributed by atoms with Gasteiger partial charge in [-0.2, -0.15) is 0 Å². The lowest BCUT2D eigenvalue weighted by Gasteiger charge is -2.09. The first-order chi connectivity index (χ1) is 9.47. The van der Waals surface area contributed by atoms with Crippen LogP contribution in [0.3, 0.4) is 0 Å². The zero-order valence-electron chi connectivity index (χ0n) is 11.9. The summed E-state index contributed by atoms with van der Waals surface area (Å²) in [5.74, 6) is 0.323. The number of hydrogen-bond acceptors (Lipinski definition) is 3. The molecule has 4 nitrogen and oxygen atoms in total. The predicted octanol–water partition coefficient (Wildman–Crippen LogP) is 1.96. The number of amides is 1. The molecule has 1 amide bonds. The molecule has 2 aromatic rings. The van der Waals surface area contributed by atoms with Crippen molar-refractivity contribution in [1.82, 2.24) is 10.3 Å². The molecular formula is C15H18N2O2S. The highest BCUT2D eigenvalue weighted by molar-refractivity contribution is 7.84. The first-order valence-electron chi connectivity index (χ1n) is 6.43. The summed E-state index contributed by atoms with van der Waals surface area (Å²) in [6.07, 6.45) is 1.63. The number of nitrogens with zero attached hydrogens (tertiary/aromatic N) is 1. The van der Waals surface area contributed by atoms with Crippen LogP contribution in [0.15, 0.2) is 24.3 Å². The molecule has 0 aliphatic carbocycles. The molecule has 0 radical (unpaired) electrons. The maximum absolute atomic E-state index is 12.3. The zero-order valence-corrected chi connectivity index (χ0v) is 12.7. The third kappa shape index (κ3) is 3.42. The molecule has 2 rings (SSSR count). The van der Waals surface area contributed by atoms with Crippen LogP contribution in [0, 0.1) is 13.8 Å². The largest absolute Gasteiger partial charge is 0.351 e. The first kappa shape index (κ1) is 14.7. The monoisotopic (exact) mass is 290 g/mol. The molecule has 106 valence electrons. The molecule has 1 atom stereocenters. The van der Waals surface area contributed by atoms with Gasteiger partial charge in [0, 0.05) is 40.4 Å². The minimum Gasteiger partial charge on any atom is -0.351 e. The van der Waals surface area contributed by atoms with Gasteiger partial charge in [0.05, 0.1) is 11.1 Å². The van der Waals surface area contributed by atoms with Crippen LogP contribution in [-0.2, 0) is 10.8 Å². The maximum atomic E-state index is 12.3. The highest BCUT2D eigenvalue weighted by Crippen LogP contribution is 2.19. The van der Waals surface area contributed by atoms with E-state index < -0.39 is 10.8 Å². The van der Waals surface area contributed by atoms with E-state index in [0.717, 1.165) is 22.2 Å². The highest BCUT2D eigenvalue weighted by Gasteiger charge is 2.12. The van der Waals surface area contributed by atoms with Gasteiger partial charge in [0.15, 0.2) is 0 Å². The Bertz CT molecular complexity index is 683. The van der Waals surface area contributed by atoms with Gasteiger partial charge in [0.25, 0.3) is 5.91 Å². The fourth-order valence-corrected chi connectivity index (χ4v) is 2.45. The average molecular weight is 290 g/mol. The van der Waals surface area contributed by atoms with Gasteiger partial charge in [-0.05, 0) is 32.0 Å². The summed E-state index contributed by atoms with van der Waals surface area (Å²) < 4.78 is 11.0. The van der Waals surface area contributed by atoms with Crippen LogP contribution in [0.2, 0.25) is 0 Å². The van der Waals surface area contributed by atoms with Crippen LogP contribution >= 0.6 is 0 Å². The van der Waals surface area contributed by atoms with Gasteiger partial charge >= 0.3 is 0 Å². The van der Waals surface area contributed by atoms with Crippen LogP contribution in [0.5, 0.6) is 0 Å². The Labute approximate surface area is 121 Å². The predicted molar refractivity (Wildman–Crippen MR) is 82.5 cm³/mol. The summed E-state index contributed by atoms with van der Waals surface area (Å²) in [4.78, 5) is 16.7. The maximum Gasteiger partial charge on any atom is 0.252 e. The SMILES string of the molecule is Cc1ccc2nc(C)cc(C(=O)NCCS(C)=O)c2c1. The number of pyridine rings is 1. The van der Waals surface area contributed by atoms with E-state index in [1.807, 2.05) is 32.0 Å². The van der Waals surface area contributed by atoms with Gasteiger partial charge in [-0.3, -0.25) is 14.0 Å². The summed E-state index contributed by atoms with van der Waals surface area (Å²) >= 11 is 0. The third-order valence-electron chi connectivity index (χ3n) is 3.01. The van der Waals surface area contributed by atoms with E-state index in [9.17, 15) is 9.00 Å². The molecule has 1 N–H and O–H groups in total. The zero-order chi connectivity index (χ0) is 14.7. The Kier molecular flexibility index (Phi) is 4.49. The van der Waals surface area contributed by atoms with E-state index in [1.165, 1.54) is 0 Å². The van der Waals surface area contributed by atoms with Gasteiger partial charge in [0.2, 0.25) is 0 Å². The second kappa shape index (κ2) is 6.13. The lowest BCUT2D eigenvalue weighted by molar-refractivity contribution is 0.0957. The number of rotatable bonds is 4. The lowest BCUT2D eigenvalue weighted by Crippen LogP contribution is -2.27. The molecule has 1 aromatic heterocycles. The fraction of sp³-hybridized carbons (Fsp3) is 0.333. The summed E-state index contributed by atoms with van der Waals surface area (Å²) in [6, 6.07) is 7.67. The normalized spacial score (nSPS) is 12.3. The standard InChI is InChI=1S/C15H18N2O2S/c1-10-4-5-14-12(8-10)13(9-11(2)17-14)15(18)16-6-7-20(3)19/h4-5,8-9H,6-7H2,1-3H3,(H,16,18). The van der Waals surface area contributed by atoms with Gasteiger partial charge in [0.1, 0.15) is 0 Å². The van der Waals surface area contributed by atoms with E-state index in [2.05, 4.69) is 10.3 Å².